The number of rotatable bonds is 1. The van der Waals surface area contributed by atoms with Crippen molar-refractivity contribution in [2.75, 3.05) is 5.73 Å². The topological polar surface area (TPSA) is 51.8 Å². The number of nitrogens with two attached hydrogens (primary N) is 1. The van der Waals surface area contributed by atoms with Crippen LogP contribution in [0.25, 0.3) is 10.4 Å². The van der Waals surface area contributed by atoms with Crippen LogP contribution in [0.2, 0.25) is 5.02 Å². The standard InChI is InChI=1S/C8H6ClN3S/c9-5-3-6(8(10)11-4-5)7-1-2-12-13-7/h1-4H,(H2,10,11). The Kier molecular flexibility index (Phi) is 2.16. The molecule has 2 aromatic heterocycles. The molecule has 0 amide bonds. The Labute approximate surface area is 84.4 Å². The van der Waals surface area contributed by atoms with Crippen LogP contribution in [-0.4, -0.2) is 9.36 Å². The Morgan fingerprint density at radius 1 is 1.46 bits per heavy atom. The number of anilines is 1. The SMILES string of the molecule is Nc1ncc(Cl)cc1-c1ccns1. The van der Waals surface area contributed by atoms with Crippen molar-refractivity contribution in [3.8, 4) is 10.4 Å². The van der Waals surface area contributed by atoms with Gasteiger partial charge in [0.1, 0.15) is 5.82 Å². The van der Waals surface area contributed by atoms with Gasteiger partial charge in [0.2, 0.25) is 0 Å². The van der Waals surface area contributed by atoms with Crippen LogP contribution >= 0.6 is 23.1 Å². The largest absolute Gasteiger partial charge is 0.383 e. The van der Waals surface area contributed by atoms with E-state index in [1.807, 2.05) is 6.07 Å². The molecule has 0 spiro atoms. The minimum Gasteiger partial charge on any atom is -0.383 e. The van der Waals surface area contributed by atoms with Gasteiger partial charge in [0, 0.05) is 18.0 Å². The van der Waals surface area contributed by atoms with Gasteiger partial charge >= 0.3 is 0 Å². The Morgan fingerprint density at radius 3 is 3.00 bits per heavy atom. The summed E-state index contributed by atoms with van der Waals surface area (Å²) in [7, 11) is 0. The molecule has 0 aliphatic carbocycles. The van der Waals surface area contributed by atoms with Gasteiger partial charge in [-0.25, -0.2) is 9.36 Å². The van der Waals surface area contributed by atoms with Gasteiger partial charge in [-0.05, 0) is 23.7 Å². The van der Waals surface area contributed by atoms with E-state index in [9.17, 15) is 0 Å². The van der Waals surface area contributed by atoms with E-state index in [1.54, 1.807) is 12.3 Å². The second-order valence-corrected chi connectivity index (χ2v) is 3.73. The fourth-order valence-corrected chi connectivity index (χ4v) is 1.78. The summed E-state index contributed by atoms with van der Waals surface area (Å²) in [5.74, 6) is 0.480. The lowest BCUT2D eigenvalue weighted by Crippen LogP contribution is -1.92. The van der Waals surface area contributed by atoms with Gasteiger partial charge in [-0.3, -0.25) is 0 Å². The number of pyridine rings is 1. The normalized spacial score (nSPS) is 10.2. The lowest BCUT2D eigenvalue weighted by atomic mass is 10.2. The van der Waals surface area contributed by atoms with E-state index in [0.717, 1.165) is 10.4 Å². The Balaban J connectivity index is 2.57. The molecule has 0 radical (unpaired) electrons. The number of aromatic nitrogens is 2. The lowest BCUT2D eigenvalue weighted by Gasteiger charge is -2.00. The van der Waals surface area contributed by atoms with Gasteiger partial charge in [-0.15, -0.1) is 0 Å². The van der Waals surface area contributed by atoms with E-state index in [1.165, 1.54) is 17.7 Å². The van der Waals surface area contributed by atoms with Crippen molar-refractivity contribution in [3.63, 3.8) is 0 Å². The fourth-order valence-electron chi connectivity index (χ4n) is 1.00. The predicted octanol–water partition coefficient (Wildman–Crippen LogP) is 2.44. The highest BCUT2D eigenvalue weighted by molar-refractivity contribution is 7.09. The van der Waals surface area contributed by atoms with Crippen molar-refractivity contribution in [3.05, 3.63) is 29.5 Å². The molecule has 0 aliphatic rings. The zero-order chi connectivity index (χ0) is 9.26. The molecule has 0 saturated carbocycles. The third kappa shape index (κ3) is 1.64. The molecule has 0 aliphatic heterocycles. The van der Waals surface area contributed by atoms with Crippen LogP contribution in [-0.2, 0) is 0 Å². The molecule has 0 atom stereocenters. The van der Waals surface area contributed by atoms with Gasteiger partial charge in [0.25, 0.3) is 0 Å². The molecule has 13 heavy (non-hydrogen) atoms. The molecule has 5 heteroatoms. The van der Waals surface area contributed by atoms with Gasteiger partial charge in [-0.2, -0.15) is 0 Å². The number of hydrogen-bond acceptors (Lipinski definition) is 4. The van der Waals surface area contributed by atoms with Crippen molar-refractivity contribution >= 4 is 29.0 Å². The van der Waals surface area contributed by atoms with Crippen molar-refractivity contribution < 1.29 is 0 Å². The summed E-state index contributed by atoms with van der Waals surface area (Å²) in [5, 5.41) is 0.581. The highest BCUT2D eigenvalue weighted by atomic mass is 35.5. The van der Waals surface area contributed by atoms with Gasteiger partial charge in [0.05, 0.1) is 9.90 Å². The lowest BCUT2D eigenvalue weighted by molar-refractivity contribution is 1.34. The maximum Gasteiger partial charge on any atom is 0.132 e. The van der Waals surface area contributed by atoms with E-state index in [0.29, 0.717) is 10.8 Å². The van der Waals surface area contributed by atoms with Crippen LogP contribution in [0.5, 0.6) is 0 Å². The van der Waals surface area contributed by atoms with Crippen LogP contribution in [0.1, 0.15) is 0 Å². The van der Waals surface area contributed by atoms with Crippen molar-refractivity contribution in [1.29, 1.82) is 0 Å². The number of hydrogen-bond donors (Lipinski definition) is 1. The van der Waals surface area contributed by atoms with E-state index in [-0.39, 0.29) is 0 Å². The van der Waals surface area contributed by atoms with Crippen molar-refractivity contribution in [2.24, 2.45) is 0 Å². The fraction of sp³-hybridized carbons (Fsp3) is 0. The average Bonchev–Trinajstić information content (AvgIpc) is 2.61. The summed E-state index contributed by atoms with van der Waals surface area (Å²) in [6.45, 7) is 0. The maximum atomic E-state index is 5.80. The van der Waals surface area contributed by atoms with Gasteiger partial charge in [0.15, 0.2) is 0 Å². The second kappa shape index (κ2) is 3.32. The highest BCUT2D eigenvalue weighted by Crippen LogP contribution is 2.28. The molecule has 2 N–H and O–H groups in total. The minimum absolute atomic E-state index is 0.480. The van der Waals surface area contributed by atoms with Crippen LogP contribution in [0.15, 0.2) is 24.5 Å². The highest BCUT2D eigenvalue weighted by Gasteiger charge is 2.05. The Morgan fingerprint density at radius 2 is 2.31 bits per heavy atom. The van der Waals surface area contributed by atoms with Crippen molar-refractivity contribution in [1.82, 2.24) is 9.36 Å². The number of nitrogens with zero attached hydrogens (tertiary/aromatic N) is 2. The van der Waals surface area contributed by atoms with Gasteiger partial charge < -0.3 is 5.73 Å². The number of nitrogen functional groups attached to an aromatic ring is 1. The Hall–Kier alpha value is -1.13. The summed E-state index contributed by atoms with van der Waals surface area (Å²) in [5.41, 5.74) is 6.53. The zero-order valence-electron chi connectivity index (χ0n) is 6.57. The zero-order valence-corrected chi connectivity index (χ0v) is 8.14. The van der Waals surface area contributed by atoms with Crippen LogP contribution in [0.3, 0.4) is 0 Å². The monoisotopic (exact) mass is 211 g/mol. The first-order valence-corrected chi connectivity index (χ1v) is 4.74. The molecule has 0 fully saturated rings. The summed E-state index contributed by atoms with van der Waals surface area (Å²) < 4.78 is 3.98. The predicted molar refractivity (Wildman–Crippen MR) is 54.8 cm³/mol. The third-order valence-electron chi connectivity index (χ3n) is 1.59. The second-order valence-electron chi connectivity index (χ2n) is 2.46. The first kappa shape index (κ1) is 8.47. The van der Waals surface area contributed by atoms with Gasteiger partial charge in [-0.1, -0.05) is 11.6 Å². The molecule has 3 nitrogen and oxygen atoms in total. The summed E-state index contributed by atoms with van der Waals surface area (Å²) in [6, 6.07) is 3.67. The average molecular weight is 212 g/mol. The molecular formula is C8H6ClN3S. The smallest absolute Gasteiger partial charge is 0.132 e. The quantitative estimate of drug-likeness (QED) is 0.788. The van der Waals surface area contributed by atoms with E-state index in [2.05, 4.69) is 9.36 Å². The maximum absolute atomic E-state index is 5.80. The molecule has 0 unspecified atom stereocenters. The van der Waals surface area contributed by atoms with Crippen LogP contribution < -0.4 is 5.73 Å². The summed E-state index contributed by atoms with van der Waals surface area (Å²) >= 11 is 7.17. The minimum atomic E-state index is 0.480. The molecule has 2 aromatic rings. The van der Waals surface area contributed by atoms with Crippen molar-refractivity contribution in [2.45, 2.75) is 0 Å². The van der Waals surface area contributed by atoms with Crippen LogP contribution in [0.4, 0.5) is 5.82 Å². The van der Waals surface area contributed by atoms with E-state index < -0.39 is 0 Å². The Bertz CT molecular complexity index is 413. The molecule has 0 aromatic carbocycles. The molecule has 0 saturated heterocycles. The van der Waals surface area contributed by atoms with E-state index >= 15 is 0 Å². The van der Waals surface area contributed by atoms with Crippen LogP contribution in [0, 0.1) is 0 Å². The summed E-state index contributed by atoms with van der Waals surface area (Å²) in [4.78, 5) is 4.94. The number of halogens is 1. The molecular weight excluding hydrogens is 206 g/mol. The first-order valence-electron chi connectivity index (χ1n) is 3.59. The first-order chi connectivity index (χ1) is 6.27. The third-order valence-corrected chi connectivity index (χ3v) is 2.57. The molecule has 2 rings (SSSR count). The summed E-state index contributed by atoms with van der Waals surface area (Å²) in [6.07, 6.45) is 3.25. The molecule has 66 valence electrons. The molecule has 0 bridgehead atoms. The van der Waals surface area contributed by atoms with E-state index in [4.69, 9.17) is 17.3 Å². The molecule has 2 heterocycles.